The van der Waals surface area contributed by atoms with Crippen LogP contribution < -0.4 is 5.32 Å². The lowest BCUT2D eigenvalue weighted by atomic mass is 9.90. The molecule has 0 spiro atoms. The molecule has 40 heavy (non-hydrogen) atoms. The Morgan fingerprint density at radius 3 is 2.50 bits per heavy atom. The van der Waals surface area contributed by atoms with Crippen LogP contribution in [0.5, 0.6) is 0 Å². The molecule has 206 valence electrons. The van der Waals surface area contributed by atoms with Crippen molar-refractivity contribution in [1.29, 1.82) is 0 Å². The van der Waals surface area contributed by atoms with E-state index in [0.29, 0.717) is 40.1 Å². The number of Topliss-reactive ketones (excluding diaryl/α,β-unsaturated/α-hetero) is 1. The number of likely N-dealkylation sites (tertiary alicyclic amines) is 1. The number of amides is 2. The van der Waals surface area contributed by atoms with Gasteiger partial charge in [0.05, 0.1) is 5.52 Å². The maximum Gasteiger partial charge on any atom is 0.248 e. The molecule has 4 heterocycles. The second-order valence-electron chi connectivity index (χ2n) is 11.0. The Hall–Kier alpha value is -3.99. The lowest BCUT2D eigenvalue weighted by Gasteiger charge is -2.24. The molecule has 0 unspecified atom stereocenters. The SMILES string of the molecule is CC(=O)c1nn(CC(=O)N2CC(C)(C)C[C@H]2C(=O)Nc2nc(Br)ccc2C)c2ccc(-c3cnc(C)nc3)cc12. The van der Waals surface area contributed by atoms with Gasteiger partial charge in [-0.15, -0.1) is 0 Å². The molecule has 0 bridgehead atoms. The van der Waals surface area contributed by atoms with Gasteiger partial charge in [-0.25, -0.2) is 15.0 Å². The van der Waals surface area contributed by atoms with Gasteiger partial charge in [0.2, 0.25) is 11.8 Å². The molecule has 0 radical (unpaired) electrons. The number of nitrogens with one attached hydrogen (secondary N) is 1. The van der Waals surface area contributed by atoms with Crippen LogP contribution in [0.25, 0.3) is 22.0 Å². The molecule has 1 N–H and O–H groups in total. The summed E-state index contributed by atoms with van der Waals surface area (Å²) in [5.74, 6) is 0.383. The zero-order valence-corrected chi connectivity index (χ0v) is 24.6. The summed E-state index contributed by atoms with van der Waals surface area (Å²) in [6, 6.07) is 8.62. The summed E-state index contributed by atoms with van der Waals surface area (Å²) < 4.78 is 2.15. The van der Waals surface area contributed by atoms with Crippen LogP contribution in [0.4, 0.5) is 5.82 Å². The quantitative estimate of drug-likeness (QED) is 0.249. The first-order valence-electron chi connectivity index (χ1n) is 13.0. The highest BCUT2D eigenvalue weighted by molar-refractivity contribution is 9.10. The summed E-state index contributed by atoms with van der Waals surface area (Å²) in [5, 5.41) is 8.06. The number of nitrogens with zero attached hydrogens (tertiary/aromatic N) is 6. The molecule has 0 saturated carbocycles. The van der Waals surface area contributed by atoms with E-state index >= 15 is 0 Å². The smallest absolute Gasteiger partial charge is 0.248 e. The summed E-state index contributed by atoms with van der Waals surface area (Å²) >= 11 is 3.35. The number of fused-ring (bicyclic) bond motifs is 1. The molecule has 0 aliphatic carbocycles. The zero-order valence-electron chi connectivity index (χ0n) is 23.0. The number of carbonyl (C=O) groups is 3. The molecule has 1 fully saturated rings. The first-order chi connectivity index (χ1) is 18.9. The van der Waals surface area contributed by atoms with Crippen molar-refractivity contribution in [2.24, 2.45) is 5.41 Å². The normalized spacial score (nSPS) is 16.4. The number of hydrogen-bond acceptors (Lipinski definition) is 7. The minimum atomic E-state index is -0.662. The highest BCUT2D eigenvalue weighted by atomic mass is 79.9. The van der Waals surface area contributed by atoms with Crippen molar-refractivity contribution >= 4 is 50.2 Å². The van der Waals surface area contributed by atoms with Crippen LogP contribution in [-0.2, 0) is 16.1 Å². The van der Waals surface area contributed by atoms with Gasteiger partial charge >= 0.3 is 0 Å². The van der Waals surface area contributed by atoms with Gasteiger partial charge in [0.1, 0.15) is 34.5 Å². The first kappa shape index (κ1) is 27.6. The van der Waals surface area contributed by atoms with Gasteiger partial charge in [0, 0.05) is 36.8 Å². The van der Waals surface area contributed by atoms with E-state index in [0.717, 1.165) is 16.7 Å². The van der Waals surface area contributed by atoms with Crippen molar-refractivity contribution in [2.75, 3.05) is 11.9 Å². The second kappa shape index (κ2) is 10.5. The number of anilines is 1. The minimum absolute atomic E-state index is 0.106. The van der Waals surface area contributed by atoms with Crippen molar-refractivity contribution in [3.8, 4) is 11.1 Å². The van der Waals surface area contributed by atoms with E-state index in [1.165, 1.54) is 6.92 Å². The van der Waals surface area contributed by atoms with Crippen LogP contribution in [0, 0.1) is 19.3 Å². The molecule has 3 aromatic heterocycles. The predicted molar refractivity (Wildman–Crippen MR) is 155 cm³/mol. The molecule has 1 aliphatic rings. The minimum Gasteiger partial charge on any atom is -0.328 e. The van der Waals surface area contributed by atoms with E-state index in [1.54, 1.807) is 28.0 Å². The van der Waals surface area contributed by atoms with Crippen molar-refractivity contribution in [2.45, 2.75) is 53.6 Å². The Morgan fingerprint density at radius 2 is 1.80 bits per heavy atom. The van der Waals surface area contributed by atoms with Gasteiger partial charge in [-0.2, -0.15) is 5.10 Å². The van der Waals surface area contributed by atoms with Crippen LogP contribution in [0.15, 0.2) is 47.3 Å². The van der Waals surface area contributed by atoms with Gasteiger partial charge in [-0.1, -0.05) is 26.0 Å². The van der Waals surface area contributed by atoms with E-state index < -0.39 is 6.04 Å². The Morgan fingerprint density at radius 1 is 1.07 bits per heavy atom. The Balaban J connectivity index is 1.43. The van der Waals surface area contributed by atoms with E-state index in [4.69, 9.17) is 0 Å². The van der Waals surface area contributed by atoms with Crippen molar-refractivity contribution in [3.63, 3.8) is 0 Å². The molecule has 2 amide bonds. The molecule has 5 rings (SSSR count). The maximum absolute atomic E-state index is 13.7. The fourth-order valence-corrected chi connectivity index (χ4v) is 5.41. The fraction of sp³-hybridized carbons (Fsp3) is 0.345. The van der Waals surface area contributed by atoms with Crippen LogP contribution in [0.1, 0.15) is 49.1 Å². The molecule has 1 saturated heterocycles. The van der Waals surface area contributed by atoms with Crippen LogP contribution in [0.3, 0.4) is 0 Å². The van der Waals surface area contributed by atoms with E-state index in [1.807, 2.05) is 52.0 Å². The Kier molecular flexibility index (Phi) is 7.26. The molecule has 1 aliphatic heterocycles. The van der Waals surface area contributed by atoms with Crippen LogP contribution in [-0.4, -0.2) is 59.8 Å². The third kappa shape index (κ3) is 5.51. The van der Waals surface area contributed by atoms with Crippen LogP contribution >= 0.6 is 15.9 Å². The van der Waals surface area contributed by atoms with Gasteiger partial charge in [-0.3, -0.25) is 19.1 Å². The summed E-state index contributed by atoms with van der Waals surface area (Å²) in [6.07, 6.45) is 3.98. The van der Waals surface area contributed by atoms with Crippen LogP contribution in [0.2, 0.25) is 0 Å². The lowest BCUT2D eigenvalue weighted by molar-refractivity contribution is -0.137. The summed E-state index contributed by atoms with van der Waals surface area (Å²) in [5.41, 5.74) is 3.17. The molecule has 1 atom stereocenters. The predicted octanol–water partition coefficient (Wildman–Crippen LogP) is 4.74. The average Bonchev–Trinajstić information content (AvgIpc) is 3.43. The maximum atomic E-state index is 13.7. The number of carbonyl (C=O) groups excluding carboxylic acids is 3. The monoisotopic (exact) mass is 603 g/mol. The van der Waals surface area contributed by atoms with E-state index in [9.17, 15) is 14.4 Å². The summed E-state index contributed by atoms with van der Waals surface area (Å²) in [6.45, 7) is 9.53. The number of halogens is 1. The topological polar surface area (TPSA) is 123 Å². The van der Waals surface area contributed by atoms with Gasteiger partial charge in [-0.05, 0) is 70.9 Å². The zero-order chi connectivity index (χ0) is 28.8. The molecule has 4 aromatic rings. The summed E-state index contributed by atoms with van der Waals surface area (Å²) in [4.78, 5) is 54.1. The molecule has 1 aromatic carbocycles. The number of rotatable bonds is 6. The highest BCUT2D eigenvalue weighted by Gasteiger charge is 2.44. The van der Waals surface area contributed by atoms with Crippen molar-refractivity contribution < 1.29 is 14.4 Å². The number of benzene rings is 1. The Labute approximate surface area is 240 Å². The van der Waals surface area contributed by atoms with E-state index in [-0.39, 0.29) is 35.3 Å². The molecule has 11 heteroatoms. The largest absolute Gasteiger partial charge is 0.328 e. The fourth-order valence-electron chi connectivity index (χ4n) is 5.10. The Bertz CT molecular complexity index is 1650. The molecular formula is C29H30BrN7O3. The average molecular weight is 605 g/mol. The number of aryl methyl sites for hydroxylation is 2. The molecular weight excluding hydrogens is 574 g/mol. The number of ketones is 1. The van der Waals surface area contributed by atoms with Gasteiger partial charge in [0.15, 0.2) is 5.78 Å². The summed E-state index contributed by atoms with van der Waals surface area (Å²) in [7, 11) is 0. The van der Waals surface area contributed by atoms with Gasteiger partial charge in [0.25, 0.3) is 0 Å². The lowest BCUT2D eigenvalue weighted by Crippen LogP contribution is -2.44. The number of aromatic nitrogens is 5. The van der Waals surface area contributed by atoms with E-state index in [2.05, 4.69) is 41.3 Å². The standard InChI is InChI=1S/C29H30BrN7O3/c1-16-6-9-24(30)33-27(16)34-28(40)23-11-29(4,5)15-36(23)25(39)14-37-22-8-7-19(20-12-31-18(3)32-13-20)10-21(22)26(35-37)17(2)38/h6-10,12-13,23H,11,14-15H2,1-5H3,(H,33,34,40)/t23-/m0/s1. The van der Waals surface area contributed by atoms with Crippen molar-refractivity contribution in [3.05, 3.63) is 64.4 Å². The third-order valence-corrected chi connectivity index (χ3v) is 7.57. The first-order valence-corrected chi connectivity index (χ1v) is 13.8. The van der Waals surface area contributed by atoms with Gasteiger partial charge < -0.3 is 10.2 Å². The highest BCUT2D eigenvalue weighted by Crippen LogP contribution is 2.35. The van der Waals surface area contributed by atoms with Crippen molar-refractivity contribution in [1.82, 2.24) is 29.6 Å². The second-order valence-corrected chi connectivity index (χ2v) is 11.8. The number of pyridine rings is 1. The molecule has 10 nitrogen and oxygen atoms in total. The number of hydrogen-bond donors (Lipinski definition) is 1. The third-order valence-electron chi connectivity index (χ3n) is 7.13.